The summed E-state index contributed by atoms with van der Waals surface area (Å²) in [7, 11) is 0. The van der Waals surface area contributed by atoms with Crippen LogP contribution in [0.4, 0.5) is 4.79 Å². The van der Waals surface area contributed by atoms with Crippen LogP contribution in [0.2, 0.25) is 0 Å². The monoisotopic (exact) mass is 298 g/mol. The summed E-state index contributed by atoms with van der Waals surface area (Å²) in [6, 6.07) is 2.88. The van der Waals surface area contributed by atoms with Gasteiger partial charge in [-0.25, -0.2) is 4.79 Å². The van der Waals surface area contributed by atoms with E-state index in [0.29, 0.717) is 10.2 Å². The molecule has 1 aliphatic rings. The first-order chi connectivity index (χ1) is 7.95. The number of amides is 3. The number of carbonyl (C=O) groups is 2. The fourth-order valence-electron chi connectivity index (χ4n) is 1.74. The van der Waals surface area contributed by atoms with Gasteiger partial charge in [0.1, 0.15) is 5.76 Å². The highest BCUT2D eigenvalue weighted by atomic mass is 79.9. The molecule has 1 fully saturated rings. The first-order valence-electron chi connectivity index (χ1n) is 4.96. The number of furan rings is 1. The van der Waals surface area contributed by atoms with Gasteiger partial charge >= 0.3 is 6.03 Å². The molecular formula is C11H11BrN2O3. The van der Waals surface area contributed by atoms with Gasteiger partial charge in [0, 0.05) is 4.48 Å². The number of rotatable bonds is 3. The fraction of sp³-hybridized carbons (Fsp3) is 0.273. The molecule has 2 heterocycles. The molecule has 0 spiro atoms. The Morgan fingerprint density at radius 1 is 1.65 bits per heavy atom. The van der Waals surface area contributed by atoms with Crippen LogP contribution >= 0.6 is 15.9 Å². The van der Waals surface area contributed by atoms with E-state index in [-0.39, 0.29) is 12.5 Å². The maximum Gasteiger partial charge on any atom is 0.325 e. The van der Waals surface area contributed by atoms with Crippen molar-refractivity contribution < 1.29 is 14.0 Å². The summed E-state index contributed by atoms with van der Waals surface area (Å²) in [6.45, 7) is 5.37. The average molecular weight is 299 g/mol. The molecule has 0 aromatic carbocycles. The van der Waals surface area contributed by atoms with E-state index in [1.807, 2.05) is 0 Å². The summed E-state index contributed by atoms with van der Waals surface area (Å²) in [5.74, 6) is 0.0663. The molecule has 1 aromatic heterocycles. The second kappa shape index (κ2) is 4.03. The van der Waals surface area contributed by atoms with E-state index in [2.05, 4.69) is 27.8 Å². The first-order valence-corrected chi connectivity index (χ1v) is 5.76. The molecular weight excluding hydrogens is 288 g/mol. The molecule has 0 radical (unpaired) electrons. The fourth-order valence-corrected chi connectivity index (χ4v) is 1.99. The molecule has 5 nitrogen and oxygen atoms in total. The Morgan fingerprint density at radius 3 is 2.88 bits per heavy atom. The van der Waals surface area contributed by atoms with Gasteiger partial charge in [-0.2, -0.15) is 0 Å². The van der Waals surface area contributed by atoms with Crippen LogP contribution in [0.5, 0.6) is 0 Å². The molecule has 17 heavy (non-hydrogen) atoms. The zero-order chi connectivity index (χ0) is 12.6. The summed E-state index contributed by atoms with van der Waals surface area (Å²) in [5.41, 5.74) is -1.14. The van der Waals surface area contributed by atoms with Gasteiger partial charge in [0.05, 0.1) is 12.8 Å². The normalized spacial score (nSPS) is 24.0. The summed E-state index contributed by atoms with van der Waals surface area (Å²) in [4.78, 5) is 25.0. The number of hydrogen-bond acceptors (Lipinski definition) is 3. The summed E-state index contributed by atoms with van der Waals surface area (Å²) in [5, 5.41) is 2.62. The van der Waals surface area contributed by atoms with E-state index in [1.165, 1.54) is 6.26 Å². The molecule has 1 aliphatic heterocycles. The average Bonchev–Trinajstić information content (AvgIpc) is 2.83. The number of hydrogen-bond donors (Lipinski definition) is 1. The Kier molecular flexibility index (Phi) is 2.82. The maximum atomic E-state index is 12.2. The lowest BCUT2D eigenvalue weighted by Gasteiger charge is -2.18. The lowest BCUT2D eigenvalue weighted by atomic mass is 9.99. The number of nitrogens with one attached hydrogen (secondary N) is 1. The van der Waals surface area contributed by atoms with E-state index < -0.39 is 11.6 Å². The van der Waals surface area contributed by atoms with Crippen LogP contribution in [0.25, 0.3) is 0 Å². The number of nitrogens with zero attached hydrogens (tertiary/aromatic N) is 1. The smallest absolute Gasteiger partial charge is 0.325 e. The Hall–Kier alpha value is -1.56. The van der Waals surface area contributed by atoms with Crippen LogP contribution in [-0.4, -0.2) is 23.4 Å². The predicted octanol–water partition coefficient (Wildman–Crippen LogP) is 1.96. The molecule has 1 N–H and O–H groups in total. The van der Waals surface area contributed by atoms with Crippen LogP contribution < -0.4 is 5.32 Å². The predicted molar refractivity (Wildman–Crippen MR) is 64.4 cm³/mol. The van der Waals surface area contributed by atoms with Gasteiger partial charge < -0.3 is 9.73 Å². The highest BCUT2D eigenvalue weighted by Crippen LogP contribution is 2.29. The van der Waals surface area contributed by atoms with Crippen LogP contribution in [0, 0.1) is 0 Å². The molecule has 0 aliphatic carbocycles. The molecule has 6 heteroatoms. The standard InChI is InChI=1S/C11H11BrN2O3/c1-7(12)6-14-9(15)11(2,13-10(14)16)8-4-3-5-17-8/h3-5H,1,6H2,2H3,(H,13,16)/t11-/m0/s1. The third-order valence-electron chi connectivity index (χ3n) is 2.62. The highest BCUT2D eigenvalue weighted by Gasteiger charge is 2.50. The second-order valence-corrected chi connectivity index (χ2v) is 5.06. The Labute approximate surface area is 107 Å². The second-order valence-electron chi connectivity index (χ2n) is 3.94. The van der Waals surface area contributed by atoms with Gasteiger partial charge in [0.2, 0.25) is 0 Å². The number of halogens is 1. The molecule has 3 amide bonds. The van der Waals surface area contributed by atoms with E-state index in [9.17, 15) is 9.59 Å². The first kappa shape index (κ1) is 11.9. The molecule has 90 valence electrons. The van der Waals surface area contributed by atoms with Gasteiger partial charge in [0.15, 0.2) is 5.54 Å². The van der Waals surface area contributed by atoms with Crippen molar-refractivity contribution in [2.75, 3.05) is 6.54 Å². The van der Waals surface area contributed by atoms with Crippen LogP contribution in [0.1, 0.15) is 12.7 Å². The van der Waals surface area contributed by atoms with E-state index in [1.54, 1.807) is 19.1 Å². The summed E-state index contributed by atoms with van der Waals surface area (Å²) in [6.07, 6.45) is 1.46. The van der Waals surface area contributed by atoms with Crippen molar-refractivity contribution in [2.24, 2.45) is 0 Å². The Balaban J connectivity index is 2.32. The molecule has 1 saturated heterocycles. The van der Waals surface area contributed by atoms with Crippen molar-refractivity contribution in [1.29, 1.82) is 0 Å². The van der Waals surface area contributed by atoms with Gasteiger partial charge in [-0.15, -0.1) is 0 Å². The summed E-state index contributed by atoms with van der Waals surface area (Å²) < 4.78 is 5.76. The van der Waals surface area contributed by atoms with E-state index in [0.717, 1.165) is 4.90 Å². The third kappa shape index (κ3) is 1.88. The highest BCUT2D eigenvalue weighted by molar-refractivity contribution is 9.11. The molecule has 0 saturated carbocycles. The van der Waals surface area contributed by atoms with Crippen molar-refractivity contribution in [3.63, 3.8) is 0 Å². The molecule has 2 rings (SSSR count). The lowest BCUT2D eigenvalue weighted by Crippen LogP contribution is -2.40. The third-order valence-corrected chi connectivity index (χ3v) is 2.87. The Bertz CT molecular complexity index is 483. The minimum atomic E-state index is -1.14. The quantitative estimate of drug-likeness (QED) is 0.868. The molecule has 0 unspecified atom stereocenters. The van der Waals surface area contributed by atoms with Crippen LogP contribution in [0.3, 0.4) is 0 Å². The maximum absolute atomic E-state index is 12.2. The molecule has 0 bridgehead atoms. The van der Waals surface area contributed by atoms with Crippen LogP contribution in [-0.2, 0) is 10.3 Å². The summed E-state index contributed by atoms with van der Waals surface area (Å²) >= 11 is 3.13. The number of imide groups is 1. The minimum Gasteiger partial charge on any atom is -0.466 e. The van der Waals surface area contributed by atoms with Crippen LogP contribution in [0.15, 0.2) is 33.9 Å². The zero-order valence-electron chi connectivity index (χ0n) is 9.20. The number of urea groups is 1. The van der Waals surface area contributed by atoms with Gasteiger partial charge in [0.25, 0.3) is 5.91 Å². The van der Waals surface area contributed by atoms with E-state index >= 15 is 0 Å². The topological polar surface area (TPSA) is 62.6 Å². The number of carbonyl (C=O) groups excluding carboxylic acids is 2. The van der Waals surface area contributed by atoms with E-state index in [4.69, 9.17) is 4.42 Å². The van der Waals surface area contributed by atoms with Crippen molar-refractivity contribution >= 4 is 27.9 Å². The Morgan fingerprint density at radius 2 is 2.35 bits per heavy atom. The van der Waals surface area contributed by atoms with Crippen molar-refractivity contribution in [1.82, 2.24) is 10.2 Å². The van der Waals surface area contributed by atoms with Crippen molar-refractivity contribution in [2.45, 2.75) is 12.5 Å². The van der Waals surface area contributed by atoms with Gasteiger partial charge in [-0.05, 0) is 19.1 Å². The lowest BCUT2D eigenvalue weighted by molar-refractivity contribution is -0.131. The molecule has 1 atom stereocenters. The largest absolute Gasteiger partial charge is 0.466 e. The minimum absolute atomic E-state index is 0.140. The van der Waals surface area contributed by atoms with Crippen molar-refractivity contribution in [3.8, 4) is 0 Å². The van der Waals surface area contributed by atoms with Gasteiger partial charge in [-0.1, -0.05) is 22.5 Å². The van der Waals surface area contributed by atoms with Crippen molar-refractivity contribution in [3.05, 3.63) is 35.2 Å². The molecule has 1 aromatic rings. The van der Waals surface area contributed by atoms with Gasteiger partial charge in [-0.3, -0.25) is 9.69 Å². The zero-order valence-corrected chi connectivity index (χ0v) is 10.8. The SMILES string of the molecule is C=C(Br)CN1C(=O)N[C@@](C)(c2ccco2)C1=O.